The molecule has 138 valence electrons. The Kier molecular flexibility index (Phi) is 5.59. The van der Waals surface area contributed by atoms with E-state index in [-0.39, 0.29) is 5.70 Å². The summed E-state index contributed by atoms with van der Waals surface area (Å²) in [5.74, 6) is -2.30. The number of ether oxygens (including phenoxy) is 1. The normalized spacial score (nSPS) is 16.8. The molecule has 1 saturated heterocycles. The number of carbonyl (C=O) groups is 4. The Bertz CT molecular complexity index is 762. The molecule has 1 fully saturated rings. The van der Waals surface area contributed by atoms with Crippen molar-refractivity contribution >= 4 is 29.8 Å². The van der Waals surface area contributed by atoms with Crippen molar-refractivity contribution in [2.24, 2.45) is 0 Å². The molecule has 7 nitrogen and oxygen atoms in total. The van der Waals surface area contributed by atoms with Gasteiger partial charge in [-0.1, -0.05) is 30.3 Å². The Morgan fingerprint density at radius 3 is 2.31 bits per heavy atom. The Morgan fingerprint density at radius 1 is 1.15 bits per heavy atom. The average molecular weight is 358 g/mol. The van der Waals surface area contributed by atoms with E-state index in [9.17, 15) is 19.2 Å². The molecule has 26 heavy (non-hydrogen) atoms. The van der Waals surface area contributed by atoms with E-state index >= 15 is 0 Å². The Morgan fingerprint density at radius 2 is 1.77 bits per heavy atom. The Balaban J connectivity index is 2.38. The van der Waals surface area contributed by atoms with Crippen LogP contribution < -0.4 is 0 Å². The van der Waals surface area contributed by atoms with E-state index in [2.05, 4.69) is 0 Å². The fraction of sp³-hybridized carbons (Fsp3) is 0.368. The number of piperazine rings is 1. The quantitative estimate of drug-likeness (QED) is 0.605. The topological polar surface area (TPSA) is 84.0 Å². The third kappa shape index (κ3) is 4.78. The number of carbonyl (C=O) groups excluding carboxylic acids is 4. The smallest absolute Gasteiger partial charge is 0.326 e. The van der Waals surface area contributed by atoms with Crippen molar-refractivity contribution in [1.29, 1.82) is 0 Å². The SMILES string of the molecule is CC(=O)N1CC(=O)N(CC(=O)OC(C)(C)C)C(=Cc2ccccc2)C1=O. The summed E-state index contributed by atoms with van der Waals surface area (Å²) in [4.78, 5) is 51.0. The summed E-state index contributed by atoms with van der Waals surface area (Å²) in [5.41, 5.74) is -0.0778. The molecule has 0 radical (unpaired) electrons. The molecule has 0 spiro atoms. The van der Waals surface area contributed by atoms with E-state index in [0.717, 1.165) is 9.80 Å². The van der Waals surface area contributed by atoms with Crippen LogP contribution in [0.15, 0.2) is 36.0 Å². The predicted molar refractivity (Wildman–Crippen MR) is 94.4 cm³/mol. The minimum absolute atomic E-state index is 0.0338. The molecule has 1 aromatic carbocycles. The van der Waals surface area contributed by atoms with Crippen molar-refractivity contribution in [3.63, 3.8) is 0 Å². The number of hydrogen-bond donors (Lipinski definition) is 0. The number of hydrogen-bond acceptors (Lipinski definition) is 5. The van der Waals surface area contributed by atoms with Crippen LogP contribution in [0.2, 0.25) is 0 Å². The van der Waals surface area contributed by atoms with Gasteiger partial charge in [-0.15, -0.1) is 0 Å². The molecule has 2 rings (SSSR count). The van der Waals surface area contributed by atoms with E-state index in [1.807, 2.05) is 6.07 Å². The summed E-state index contributed by atoms with van der Waals surface area (Å²) in [6.07, 6.45) is 1.49. The first-order valence-electron chi connectivity index (χ1n) is 8.20. The van der Waals surface area contributed by atoms with Gasteiger partial charge >= 0.3 is 5.97 Å². The second kappa shape index (κ2) is 7.51. The van der Waals surface area contributed by atoms with Crippen molar-refractivity contribution in [3.8, 4) is 0 Å². The highest BCUT2D eigenvalue weighted by Gasteiger charge is 2.38. The minimum Gasteiger partial charge on any atom is -0.459 e. The highest BCUT2D eigenvalue weighted by Crippen LogP contribution is 2.20. The van der Waals surface area contributed by atoms with Gasteiger partial charge in [-0.3, -0.25) is 29.0 Å². The molecule has 0 aromatic heterocycles. The third-order valence-electron chi connectivity index (χ3n) is 3.54. The molecule has 0 atom stereocenters. The Hall–Kier alpha value is -2.96. The van der Waals surface area contributed by atoms with Gasteiger partial charge in [0.2, 0.25) is 11.8 Å². The van der Waals surface area contributed by atoms with Crippen molar-refractivity contribution in [3.05, 3.63) is 41.6 Å². The number of benzene rings is 1. The van der Waals surface area contributed by atoms with Gasteiger partial charge in [-0.25, -0.2) is 0 Å². The van der Waals surface area contributed by atoms with E-state index in [0.29, 0.717) is 5.56 Å². The summed E-state index contributed by atoms with van der Waals surface area (Å²) in [6, 6.07) is 8.88. The van der Waals surface area contributed by atoms with Gasteiger partial charge in [0, 0.05) is 6.92 Å². The molecule has 0 aliphatic carbocycles. The van der Waals surface area contributed by atoms with Gasteiger partial charge in [0.05, 0.1) is 0 Å². The van der Waals surface area contributed by atoms with Gasteiger partial charge in [-0.2, -0.15) is 0 Å². The number of esters is 1. The molecule has 0 N–H and O–H groups in total. The monoisotopic (exact) mass is 358 g/mol. The van der Waals surface area contributed by atoms with E-state index in [1.54, 1.807) is 45.0 Å². The molecule has 0 unspecified atom stereocenters. The van der Waals surface area contributed by atoms with Crippen molar-refractivity contribution < 1.29 is 23.9 Å². The molecule has 1 heterocycles. The van der Waals surface area contributed by atoms with Crippen LogP contribution in [0.3, 0.4) is 0 Å². The van der Waals surface area contributed by atoms with Crippen LogP contribution in [0.5, 0.6) is 0 Å². The Labute approximate surface area is 152 Å². The fourth-order valence-corrected chi connectivity index (χ4v) is 2.46. The minimum atomic E-state index is -0.714. The zero-order valence-electron chi connectivity index (χ0n) is 15.3. The van der Waals surface area contributed by atoms with Crippen LogP contribution in [-0.2, 0) is 23.9 Å². The zero-order chi connectivity index (χ0) is 19.5. The van der Waals surface area contributed by atoms with Crippen molar-refractivity contribution in [2.75, 3.05) is 13.1 Å². The highest BCUT2D eigenvalue weighted by atomic mass is 16.6. The first kappa shape index (κ1) is 19.4. The predicted octanol–water partition coefficient (Wildman–Crippen LogP) is 1.59. The maximum atomic E-state index is 12.7. The third-order valence-corrected chi connectivity index (χ3v) is 3.54. The molecule has 3 amide bonds. The molecule has 0 bridgehead atoms. The lowest BCUT2D eigenvalue weighted by Crippen LogP contribution is -2.55. The first-order valence-corrected chi connectivity index (χ1v) is 8.20. The number of rotatable bonds is 3. The average Bonchev–Trinajstić information content (AvgIpc) is 2.53. The van der Waals surface area contributed by atoms with Crippen LogP contribution >= 0.6 is 0 Å². The first-order chi connectivity index (χ1) is 12.1. The lowest BCUT2D eigenvalue weighted by atomic mass is 10.1. The van der Waals surface area contributed by atoms with E-state index in [1.165, 1.54) is 13.0 Å². The van der Waals surface area contributed by atoms with Gasteiger partial charge < -0.3 is 4.74 Å². The lowest BCUT2D eigenvalue weighted by molar-refractivity contribution is -0.161. The van der Waals surface area contributed by atoms with Crippen LogP contribution in [-0.4, -0.2) is 52.2 Å². The molecule has 1 aromatic rings. The summed E-state index contributed by atoms with van der Waals surface area (Å²) in [5, 5.41) is 0. The van der Waals surface area contributed by atoms with Crippen molar-refractivity contribution in [1.82, 2.24) is 9.80 Å². The summed E-state index contributed by atoms with van der Waals surface area (Å²) >= 11 is 0. The summed E-state index contributed by atoms with van der Waals surface area (Å²) in [6.45, 7) is 5.56. The van der Waals surface area contributed by atoms with Crippen molar-refractivity contribution in [2.45, 2.75) is 33.3 Å². The molecule has 7 heteroatoms. The number of imide groups is 1. The molecule has 1 aliphatic rings. The second-order valence-electron chi connectivity index (χ2n) is 6.92. The van der Waals surface area contributed by atoms with Crippen LogP contribution in [0, 0.1) is 0 Å². The number of amides is 3. The van der Waals surface area contributed by atoms with E-state index in [4.69, 9.17) is 4.74 Å². The van der Waals surface area contributed by atoms with Gasteiger partial charge in [0.15, 0.2) is 0 Å². The number of nitrogens with zero attached hydrogens (tertiary/aromatic N) is 2. The summed E-state index contributed by atoms with van der Waals surface area (Å²) < 4.78 is 5.24. The van der Waals surface area contributed by atoms with Crippen LogP contribution in [0.25, 0.3) is 6.08 Å². The van der Waals surface area contributed by atoms with Gasteiger partial charge in [-0.05, 0) is 32.4 Å². The second-order valence-corrected chi connectivity index (χ2v) is 6.92. The maximum Gasteiger partial charge on any atom is 0.326 e. The molecule has 1 aliphatic heterocycles. The van der Waals surface area contributed by atoms with Gasteiger partial charge in [0.1, 0.15) is 24.4 Å². The molecule has 0 saturated carbocycles. The largest absolute Gasteiger partial charge is 0.459 e. The maximum absolute atomic E-state index is 12.7. The zero-order valence-corrected chi connectivity index (χ0v) is 15.3. The van der Waals surface area contributed by atoms with Crippen LogP contribution in [0.1, 0.15) is 33.3 Å². The summed E-state index contributed by atoms with van der Waals surface area (Å²) in [7, 11) is 0. The van der Waals surface area contributed by atoms with Gasteiger partial charge in [0.25, 0.3) is 5.91 Å². The van der Waals surface area contributed by atoms with E-state index < -0.39 is 42.4 Å². The molecular weight excluding hydrogens is 336 g/mol. The standard InChI is InChI=1S/C19H22N2O5/c1-13(22)20-11-16(23)21(12-17(24)26-19(2,3)4)15(18(20)25)10-14-8-6-5-7-9-14/h5-10H,11-12H2,1-4H3. The fourth-order valence-electron chi connectivity index (χ4n) is 2.46. The molecular formula is C19H22N2O5. The lowest BCUT2D eigenvalue weighted by Gasteiger charge is -2.34. The van der Waals surface area contributed by atoms with Crippen LogP contribution in [0.4, 0.5) is 0 Å². The highest BCUT2D eigenvalue weighted by molar-refractivity contribution is 6.13.